The van der Waals surface area contributed by atoms with Gasteiger partial charge in [-0.2, -0.15) is 13.2 Å². The van der Waals surface area contributed by atoms with E-state index in [4.69, 9.17) is 4.42 Å². The van der Waals surface area contributed by atoms with E-state index < -0.39 is 23.6 Å². The topological polar surface area (TPSA) is 74.6 Å². The van der Waals surface area contributed by atoms with Crippen LogP contribution in [0.2, 0.25) is 0 Å². The number of benzene rings is 2. The molecule has 0 unspecified atom stereocenters. The summed E-state index contributed by atoms with van der Waals surface area (Å²) in [5.74, 6) is -0.893. The maximum atomic E-state index is 13.0. The molecule has 156 valence electrons. The highest BCUT2D eigenvalue weighted by Crippen LogP contribution is 2.35. The van der Waals surface area contributed by atoms with Crippen LogP contribution in [-0.2, 0) is 6.18 Å². The van der Waals surface area contributed by atoms with Crippen LogP contribution in [0.1, 0.15) is 26.5 Å². The Labute approximate surface area is 170 Å². The Kier molecular flexibility index (Phi) is 5.81. The van der Waals surface area contributed by atoms with Gasteiger partial charge in [-0.3, -0.25) is 9.59 Å². The first-order valence-corrected chi connectivity index (χ1v) is 8.80. The van der Waals surface area contributed by atoms with Gasteiger partial charge in [-0.25, -0.2) is 0 Å². The van der Waals surface area contributed by atoms with Crippen LogP contribution in [0, 0.1) is 0 Å². The second-order valence-electron chi connectivity index (χ2n) is 6.59. The van der Waals surface area contributed by atoms with Gasteiger partial charge in [0, 0.05) is 25.3 Å². The second kappa shape index (κ2) is 8.32. The van der Waals surface area contributed by atoms with Gasteiger partial charge in [0.2, 0.25) is 0 Å². The summed E-state index contributed by atoms with van der Waals surface area (Å²) in [7, 11) is 3.32. The van der Waals surface area contributed by atoms with E-state index in [0.29, 0.717) is 11.4 Å². The van der Waals surface area contributed by atoms with Gasteiger partial charge >= 0.3 is 6.18 Å². The van der Waals surface area contributed by atoms with Crippen molar-refractivity contribution in [1.82, 2.24) is 0 Å². The fourth-order valence-electron chi connectivity index (χ4n) is 2.70. The van der Waals surface area contributed by atoms with E-state index in [2.05, 4.69) is 10.6 Å². The number of nitrogens with one attached hydrogen (secondary N) is 2. The Morgan fingerprint density at radius 2 is 1.63 bits per heavy atom. The maximum Gasteiger partial charge on any atom is 0.416 e. The van der Waals surface area contributed by atoms with E-state index in [1.807, 2.05) is 0 Å². The number of anilines is 3. The van der Waals surface area contributed by atoms with E-state index in [-0.39, 0.29) is 17.0 Å². The van der Waals surface area contributed by atoms with Crippen molar-refractivity contribution in [2.45, 2.75) is 6.18 Å². The number of hydrogen-bond acceptors (Lipinski definition) is 4. The first-order chi connectivity index (χ1) is 14.1. The molecule has 6 nitrogen and oxygen atoms in total. The third-order valence-corrected chi connectivity index (χ3v) is 4.20. The molecule has 1 heterocycles. The minimum Gasteiger partial charge on any atom is -0.459 e. The zero-order chi connectivity index (χ0) is 21.9. The summed E-state index contributed by atoms with van der Waals surface area (Å²) in [6.45, 7) is 0. The Hall–Kier alpha value is -3.75. The van der Waals surface area contributed by atoms with Crippen molar-refractivity contribution in [2.75, 3.05) is 29.6 Å². The van der Waals surface area contributed by atoms with E-state index in [9.17, 15) is 22.8 Å². The maximum absolute atomic E-state index is 13.0. The molecule has 0 aliphatic carbocycles. The Balaban J connectivity index is 1.76. The number of carbonyl (C=O) groups excluding carboxylic acids is 2. The summed E-state index contributed by atoms with van der Waals surface area (Å²) >= 11 is 0. The summed E-state index contributed by atoms with van der Waals surface area (Å²) in [5.41, 5.74) is 0.252. The average molecular weight is 417 g/mol. The van der Waals surface area contributed by atoms with Gasteiger partial charge in [-0.1, -0.05) is 0 Å². The number of nitrogens with zero attached hydrogens (tertiary/aromatic N) is 1. The molecule has 30 heavy (non-hydrogen) atoms. The van der Waals surface area contributed by atoms with Gasteiger partial charge in [0.15, 0.2) is 5.76 Å². The van der Waals surface area contributed by atoms with Crippen LogP contribution in [0.5, 0.6) is 0 Å². The fraction of sp³-hybridized carbons (Fsp3) is 0.143. The van der Waals surface area contributed by atoms with Gasteiger partial charge in [0.1, 0.15) is 0 Å². The predicted molar refractivity (Wildman–Crippen MR) is 107 cm³/mol. The van der Waals surface area contributed by atoms with Crippen LogP contribution < -0.4 is 15.5 Å². The lowest BCUT2D eigenvalue weighted by atomic mass is 10.1. The number of rotatable bonds is 5. The minimum absolute atomic E-state index is 0.0371. The lowest BCUT2D eigenvalue weighted by Crippen LogP contribution is -2.18. The molecule has 2 N–H and O–H groups in total. The largest absolute Gasteiger partial charge is 0.459 e. The van der Waals surface area contributed by atoms with Gasteiger partial charge in [-0.15, -0.1) is 0 Å². The van der Waals surface area contributed by atoms with E-state index >= 15 is 0 Å². The number of alkyl halides is 3. The monoisotopic (exact) mass is 417 g/mol. The van der Waals surface area contributed by atoms with Crippen molar-refractivity contribution in [2.24, 2.45) is 0 Å². The van der Waals surface area contributed by atoms with Gasteiger partial charge in [0.05, 0.1) is 23.2 Å². The highest BCUT2D eigenvalue weighted by atomic mass is 19.4. The summed E-state index contributed by atoms with van der Waals surface area (Å²) in [6.07, 6.45) is -3.16. The zero-order valence-electron chi connectivity index (χ0n) is 16.1. The SMILES string of the molecule is CN(C)c1ccc(C(F)(F)F)cc1NC(=O)c1ccc(NC(=O)c2ccco2)cc1. The summed E-state index contributed by atoms with van der Waals surface area (Å²) < 4.78 is 44.1. The van der Waals surface area contributed by atoms with Crippen molar-refractivity contribution >= 4 is 28.9 Å². The summed E-state index contributed by atoms with van der Waals surface area (Å²) in [4.78, 5) is 26.1. The molecule has 3 aromatic rings. The van der Waals surface area contributed by atoms with Gasteiger partial charge < -0.3 is 20.0 Å². The Morgan fingerprint density at radius 1 is 0.933 bits per heavy atom. The molecule has 9 heteroatoms. The van der Waals surface area contributed by atoms with Crippen molar-refractivity contribution < 1.29 is 27.2 Å². The van der Waals surface area contributed by atoms with Crippen molar-refractivity contribution in [3.8, 4) is 0 Å². The number of halogens is 3. The van der Waals surface area contributed by atoms with Crippen LogP contribution in [0.4, 0.5) is 30.2 Å². The number of furan rings is 1. The normalized spacial score (nSPS) is 11.1. The quantitative estimate of drug-likeness (QED) is 0.621. The molecule has 0 spiro atoms. The number of amides is 2. The second-order valence-corrected chi connectivity index (χ2v) is 6.59. The molecule has 2 amide bonds. The molecular formula is C21H18F3N3O3. The molecule has 0 aliphatic rings. The molecule has 0 fully saturated rings. The molecule has 0 bridgehead atoms. The molecule has 2 aromatic carbocycles. The van der Waals surface area contributed by atoms with Crippen LogP contribution in [0.3, 0.4) is 0 Å². The number of hydrogen-bond donors (Lipinski definition) is 2. The zero-order valence-corrected chi connectivity index (χ0v) is 16.1. The van der Waals surface area contributed by atoms with Crippen LogP contribution in [0.15, 0.2) is 65.3 Å². The minimum atomic E-state index is -4.53. The Morgan fingerprint density at radius 3 is 2.20 bits per heavy atom. The van der Waals surface area contributed by atoms with E-state index in [1.165, 1.54) is 42.7 Å². The highest BCUT2D eigenvalue weighted by Gasteiger charge is 2.31. The van der Waals surface area contributed by atoms with Crippen LogP contribution in [-0.4, -0.2) is 25.9 Å². The summed E-state index contributed by atoms with van der Waals surface area (Å²) in [5, 5.41) is 5.13. The number of carbonyl (C=O) groups is 2. The van der Waals surface area contributed by atoms with Crippen molar-refractivity contribution in [3.63, 3.8) is 0 Å². The van der Waals surface area contributed by atoms with E-state index in [0.717, 1.165) is 12.1 Å². The molecule has 3 rings (SSSR count). The average Bonchev–Trinajstić information content (AvgIpc) is 3.22. The smallest absolute Gasteiger partial charge is 0.416 e. The third-order valence-electron chi connectivity index (χ3n) is 4.20. The van der Waals surface area contributed by atoms with Crippen molar-refractivity contribution in [3.05, 3.63) is 77.7 Å². The van der Waals surface area contributed by atoms with Crippen molar-refractivity contribution in [1.29, 1.82) is 0 Å². The first kappa shape index (κ1) is 21.0. The molecule has 1 aromatic heterocycles. The molecule has 0 saturated heterocycles. The standard InChI is InChI=1S/C21H18F3N3O3/c1-27(2)17-10-7-14(21(22,23)24)12-16(17)26-19(28)13-5-8-15(9-6-13)25-20(29)18-4-3-11-30-18/h3-12H,1-2H3,(H,25,29)(H,26,28). The Bertz CT molecular complexity index is 1040. The first-order valence-electron chi connectivity index (χ1n) is 8.80. The summed E-state index contributed by atoms with van der Waals surface area (Å²) in [6, 6.07) is 12.2. The molecule has 0 saturated carbocycles. The third kappa shape index (κ3) is 4.80. The molecule has 0 atom stereocenters. The lowest BCUT2D eigenvalue weighted by molar-refractivity contribution is -0.137. The lowest BCUT2D eigenvalue weighted by Gasteiger charge is -2.20. The predicted octanol–water partition coefficient (Wildman–Crippen LogP) is 4.87. The molecule has 0 aliphatic heterocycles. The van der Waals surface area contributed by atoms with E-state index in [1.54, 1.807) is 25.1 Å². The van der Waals surface area contributed by atoms with Crippen LogP contribution >= 0.6 is 0 Å². The van der Waals surface area contributed by atoms with Gasteiger partial charge in [0.25, 0.3) is 11.8 Å². The fourth-order valence-corrected chi connectivity index (χ4v) is 2.70. The molecule has 0 radical (unpaired) electrons. The van der Waals surface area contributed by atoms with Crippen LogP contribution in [0.25, 0.3) is 0 Å². The highest BCUT2D eigenvalue weighted by molar-refractivity contribution is 6.07. The molecular weight excluding hydrogens is 399 g/mol. The van der Waals surface area contributed by atoms with Gasteiger partial charge in [-0.05, 0) is 54.6 Å².